The molecule has 1 fully saturated rings. The monoisotopic (exact) mass is 340 g/mol. The molecular weight excluding hydrogens is 316 g/mol. The van der Waals surface area contributed by atoms with Gasteiger partial charge in [-0.2, -0.15) is 0 Å². The zero-order chi connectivity index (χ0) is 14.5. The van der Waals surface area contributed by atoms with Crippen LogP contribution in [0.15, 0.2) is 22.7 Å². The Bertz CT molecular complexity index is 428. The molecular formula is C16H25BrN2O. The van der Waals surface area contributed by atoms with Crippen LogP contribution in [0.25, 0.3) is 0 Å². The quantitative estimate of drug-likeness (QED) is 0.829. The van der Waals surface area contributed by atoms with Crippen LogP contribution in [0.2, 0.25) is 0 Å². The summed E-state index contributed by atoms with van der Waals surface area (Å²) < 4.78 is 6.98. The first-order chi connectivity index (χ1) is 9.60. The van der Waals surface area contributed by atoms with Crippen LogP contribution in [0.3, 0.4) is 0 Å². The molecule has 2 rings (SSSR count). The predicted octanol–water partition coefficient (Wildman–Crippen LogP) is 3.56. The summed E-state index contributed by atoms with van der Waals surface area (Å²) in [6.45, 7) is 10.4. The average Bonchev–Trinajstić information content (AvgIpc) is 2.39. The molecule has 3 nitrogen and oxygen atoms in total. The topological polar surface area (TPSA) is 24.5 Å². The van der Waals surface area contributed by atoms with Gasteiger partial charge in [-0.05, 0) is 44.5 Å². The Morgan fingerprint density at radius 3 is 2.65 bits per heavy atom. The Balaban J connectivity index is 2.17. The SMILES string of the molecule is CCCNCc1ccc(Br)cc1N1C[C@@H](C)O[C@@H](C)C1. The van der Waals surface area contributed by atoms with Crippen LogP contribution in [-0.4, -0.2) is 31.8 Å². The molecule has 0 unspecified atom stereocenters. The maximum Gasteiger partial charge on any atom is 0.0726 e. The molecule has 0 aliphatic carbocycles. The van der Waals surface area contributed by atoms with Gasteiger partial charge in [-0.3, -0.25) is 0 Å². The van der Waals surface area contributed by atoms with Gasteiger partial charge in [0.25, 0.3) is 0 Å². The van der Waals surface area contributed by atoms with Crippen molar-refractivity contribution in [1.82, 2.24) is 5.32 Å². The van der Waals surface area contributed by atoms with Gasteiger partial charge < -0.3 is 15.0 Å². The average molecular weight is 341 g/mol. The molecule has 1 N–H and O–H groups in total. The van der Waals surface area contributed by atoms with Crippen molar-refractivity contribution >= 4 is 21.6 Å². The lowest BCUT2D eigenvalue weighted by molar-refractivity contribution is -0.00526. The van der Waals surface area contributed by atoms with Crippen molar-refractivity contribution in [1.29, 1.82) is 0 Å². The standard InChI is InChI=1S/C16H25BrN2O/c1-4-7-18-9-14-5-6-15(17)8-16(14)19-10-12(2)20-13(3)11-19/h5-6,8,12-13,18H,4,7,9-11H2,1-3H3/t12-,13+. The van der Waals surface area contributed by atoms with Crippen LogP contribution in [-0.2, 0) is 11.3 Å². The third-order valence-electron chi connectivity index (χ3n) is 3.55. The van der Waals surface area contributed by atoms with Crippen LogP contribution in [0, 0.1) is 0 Å². The number of anilines is 1. The van der Waals surface area contributed by atoms with Crippen LogP contribution >= 0.6 is 15.9 Å². The molecule has 0 bridgehead atoms. The Morgan fingerprint density at radius 2 is 2.00 bits per heavy atom. The summed E-state index contributed by atoms with van der Waals surface area (Å²) in [6, 6.07) is 6.57. The number of hydrogen-bond acceptors (Lipinski definition) is 3. The molecule has 112 valence electrons. The zero-order valence-corrected chi connectivity index (χ0v) is 14.2. The Labute approximate surface area is 130 Å². The molecule has 1 aliphatic heterocycles. The van der Waals surface area contributed by atoms with Crippen molar-refractivity contribution in [2.24, 2.45) is 0 Å². The van der Waals surface area contributed by atoms with Crippen molar-refractivity contribution in [2.75, 3.05) is 24.5 Å². The first-order valence-corrected chi connectivity index (χ1v) is 8.29. The number of nitrogens with one attached hydrogen (secondary N) is 1. The molecule has 1 saturated heterocycles. The molecule has 0 radical (unpaired) electrons. The van der Waals surface area contributed by atoms with Crippen LogP contribution in [0.1, 0.15) is 32.8 Å². The van der Waals surface area contributed by atoms with E-state index in [4.69, 9.17) is 4.74 Å². The summed E-state index contributed by atoms with van der Waals surface area (Å²) in [5.41, 5.74) is 2.69. The highest BCUT2D eigenvalue weighted by Crippen LogP contribution is 2.28. The molecule has 0 saturated carbocycles. The first-order valence-electron chi connectivity index (χ1n) is 7.49. The van der Waals surface area contributed by atoms with E-state index in [0.717, 1.165) is 37.1 Å². The van der Waals surface area contributed by atoms with E-state index in [1.807, 2.05) is 0 Å². The smallest absolute Gasteiger partial charge is 0.0726 e. The lowest BCUT2D eigenvalue weighted by Gasteiger charge is -2.38. The molecule has 1 heterocycles. The second kappa shape index (κ2) is 7.43. The number of halogens is 1. The van der Waals surface area contributed by atoms with E-state index in [2.05, 4.69) is 65.1 Å². The highest BCUT2D eigenvalue weighted by Gasteiger charge is 2.23. The van der Waals surface area contributed by atoms with E-state index < -0.39 is 0 Å². The van der Waals surface area contributed by atoms with E-state index in [9.17, 15) is 0 Å². The van der Waals surface area contributed by atoms with Crippen molar-refractivity contribution in [3.63, 3.8) is 0 Å². The molecule has 20 heavy (non-hydrogen) atoms. The number of hydrogen-bond donors (Lipinski definition) is 1. The second-order valence-electron chi connectivity index (χ2n) is 5.61. The summed E-state index contributed by atoms with van der Waals surface area (Å²) in [6.07, 6.45) is 1.74. The second-order valence-corrected chi connectivity index (χ2v) is 6.53. The maximum atomic E-state index is 5.84. The molecule has 1 aromatic carbocycles. The number of nitrogens with zero attached hydrogens (tertiary/aromatic N) is 1. The van der Waals surface area contributed by atoms with Gasteiger partial charge in [0, 0.05) is 29.8 Å². The van der Waals surface area contributed by atoms with Gasteiger partial charge in [0.05, 0.1) is 12.2 Å². The van der Waals surface area contributed by atoms with E-state index >= 15 is 0 Å². The summed E-state index contributed by atoms with van der Waals surface area (Å²) in [5, 5.41) is 3.50. The van der Waals surface area contributed by atoms with Gasteiger partial charge in [-0.1, -0.05) is 28.9 Å². The number of benzene rings is 1. The fourth-order valence-corrected chi connectivity index (χ4v) is 3.10. The Morgan fingerprint density at radius 1 is 1.30 bits per heavy atom. The molecule has 2 atom stereocenters. The van der Waals surface area contributed by atoms with Crippen molar-refractivity contribution in [3.05, 3.63) is 28.2 Å². The Kier molecular flexibility index (Phi) is 5.87. The van der Waals surface area contributed by atoms with Crippen molar-refractivity contribution in [2.45, 2.75) is 45.9 Å². The third kappa shape index (κ3) is 4.21. The molecule has 0 aromatic heterocycles. The van der Waals surface area contributed by atoms with E-state index in [1.165, 1.54) is 11.3 Å². The maximum absolute atomic E-state index is 5.84. The van der Waals surface area contributed by atoms with Crippen LogP contribution < -0.4 is 10.2 Å². The minimum Gasteiger partial charge on any atom is -0.372 e. The molecule has 0 amide bonds. The minimum absolute atomic E-state index is 0.286. The normalized spacial score (nSPS) is 23.1. The van der Waals surface area contributed by atoms with E-state index in [0.29, 0.717) is 0 Å². The number of rotatable bonds is 5. The minimum atomic E-state index is 0.286. The van der Waals surface area contributed by atoms with Gasteiger partial charge in [0.2, 0.25) is 0 Å². The Hall–Kier alpha value is -0.580. The summed E-state index contributed by atoms with van der Waals surface area (Å²) in [4.78, 5) is 2.45. The van der Waals surface area contributed by atoms with Gasteiger partial charge in [-0.25, -0.2) is 0 Å². The van der Waals surface area contributed by atoms with Gasteiger partial charge in [0.15, 0.2) is 0 Å². The largest absolute Gasteiger partial charge is 0.372 e. The highest BCUT2D eigenvalue weighted by atomic mass is 79.9. The lowest BCUT2D eigenvalue weighted by atomic mass is 10.1. The molecule has 1 aromatic rings. The van der Waals surface area contributed by atoms with Crippen molar-refractivity contribution < 1.29 is 4.74 Å². The number of morpholine rings is 1. The highest BCUT2D eigenvalue weighted by molar-refractivity contribution is 9.10. The summed E-state index contributed by atoms with van der Waals surface area (Å²) >= 11 is 3.60. The number of ether oxygens (including phenoxy) is 1. The van der Waals surface area contributed by atoms with Crippen LogP contribution in [0.5, 0.6) is 0 Å². The van der Waals surface area contributed by atoms with E-state index in [1.54, 1.807) is 0 Å². The fraction of sp³-hybridized carbons (Fsp3) is 0.625. The van der Waals surface area contributed by atoms with Gasteiger partial charge >= 0.3 is 0 Å². The molecule has 0 spiro atoms. The molecule has 4 heteroatoms. The van der Waals surface area contributed by atoms with Crippen LogP contribution in [0.4, 0.5) is 5.69 Å². The third-order valence-corrected chi connectivity index (χ3v) is 4.04. The summed E-state index contributed by atoms with van der Waals surface area (Å²) in [5.74, 6) is 0. The van der Waals surface area contributed by atoms with E-state index in [-0.39, 0.29) is 12.2 Å². The first kappa shape index (κ1) is 15.8. The van der Waals surface area contributed by atoms with Gasteiger partial charge in [-0.15, -0.1) is 0 Å². The lowest BCUT2D eigenvalue weighted by Crippen LogP contribution is -2.46. The van der Waals surface area contributed by atoms with Crippen molar-refractivity contribution in [3.8, 4) is 0 Å². The molecule has 1 aliphatic rings. The van der Waals surface area contributed by atoms with Gasteiger partial charge in [0.1, 0.15) is 0 Å². The fourth-order valence-electron chi connectivity index (χ4n) is 2.76. The summed E-state index contributed by atoms with van der Waals surface area (Å²) in [7, 11) is 0. The zero-order valence-electron chi connectivity index (χ0n) is 12.7. The predicted molar refractivity (Wildman–Crippen MR) is 88.4 cm³/mol.